The number of hydrazone groups is 1. The Morgan fingerprint density at radius 3 is 2.41 bits per heavy atom. The second kappa shape index (κ2) is 8.99. The van der Waals surface area contributed by atoms with E-state index in [9.17, 15) is 4.79 Å². The van der Waals surface area contributed by atoms with Crippen molar-refractivity contribution in [3.05, 3.63) is 54.1 Å². The van der Waals surface area contributed by atoms with Gasteiger partial charge in [-0.3, -0.25) is 4.79 Å². The molecule has 1 unspecified atom stereocenters. The third-order valence-electron chi connectivity index (χ3n) is 5.39. The van der Waals surface area contributed by atoms with Crippen LogP contribution in [0.2, 0.25) is 0 Å². The minimum Gasteiger partial charge on any atom is -0.485 e. The van der Waals surface area contributed by atoms with Crippen LogP contribution in [0, 0.1) is 0 Å². The van der Waals surface area contributed by atoms with E-state index < -0.39 is 6.10 Å². The van der Waals surface area contributed by atoms with E-state index in [-0.39, 0.29) is 12.5 Å². The molecule has 1 atom stereocenters. The van der Waals surface area contributed by atoms with Crippen molar-refractivity contribution in [3.8, 4) is 11.5 Å². The van der Waals surface area contributed by atoms with Crippen LogP contribution in [0.25, 0.3) is 0 Å². The number of rotatable bonds is 4. The zero-order chi connectivity index (χ0) is 20.1. The molecule has 2 aliphatic rings. The molecule has 0 aliphatic carbocycles. The molecule has 2 aromatic carbocycles. The van der Waals surface area contributed by atoms with E-state index in [2.05, 4.69) is 39.7 Å². The summed E-state index contributed by atoms with van der Waals surface area (Å²) in [7, 11) is 0. The first kappa shape index (κ1) is 19.3. The largest absolute Gasteiger partial charge is 0.485 e. The summed E-state index contributed by atoms with van der Waals surface area (Å²) in [5, 5.41) is 4.25. The first-order valence-electron chi connectivity index (χ1n) is 10.3. The molecule has 4 rings (SSSR count). The number of anilines is 1. The Balaban J connectivity index is 1.35. The van der Waals surface area contributed by atoms with Crippen LogP contribution < -0.4 is 19.8 Å². The Morgan fingerprint density at radius 2 is 1.69 bits per heavy atom. The fourth-order valence-corrected chi connectivity index (χ4v) is 3.67. The summed E-state index contributed by atoms with van der Waals surface area (Å²) in [4.78, 5) is 14.9. The van der Waals surface area contributed by atoms with E-state index in [1.165, 1.54) is 31.4 Å². The first-order chi connectivity index (χ1) is 14.2. The minimum absolute atomic E-state index is 0.169. The summed E-state index contributed by atoms with van der Waals surface area (Å²) >= 11 is 0. The lowest BCUT2D eigenvalue weighted by Gasteiger charge is -2.24. The zero-order valence-electron chi connectivity index (χ0n) is 16.8. The number of benzene rings is 2. The normalized spacial score (nSPS) is 19.4. The highest BCUT2D eigenvalue weighted by Crippen LogP contribution is 2.30. The second-order valence-electron chi connectivity index (χ2n) is 7.49. The van der Waals surface area contributed by atoms with E-state index >= 15 is 0 Å². The molecule has 0 spiro atoms. The zero-order valence-corrected chi connectivity index (χ0v) is 16.8. The van der Waals surface area contributed by atoms with E-state index in [1.54, 1.807) is 6.07 Å². The number of hydrogen-bond acceptors (Lipinski definition) is 5. The Hall–Kier alpha value is -3.02. The van der Waals surface area contributed by atoms with Crippen molar-refractivity contribution < 1.29 is 14.3 Å². The number of fused-ring (bicyclic) bond motifs is 1. The molecule has 6 heteroatoms. The lowest BCUT2D eigenvalue weighted by molar-refractivity contribution is -0.130. The smallest absolute Gasteiger partial charge is 0.284 e. The van der Waals surface area contributed by atoms with Gasteiger partial charge >= 0.3 is 0 Å². The number of nitrogens with zero attached hydrogens (tertiary/aromatic N) is 2. The maximum Gasteiger partial charge on any atom is 0.284 e. The third-order valence-corrected chi connectivity index (χ3v) is 5.39. The first-order valence-corrected chi connectivity index (χ1v) is 10.3. The van der Waals surface area contributed by atoms with Crippen LogP contribution in [0.15, 0.2) is 53.6 Å². The summed E-state index contributed by atoms with van der Waals surface area (Å²) in [6.07, 6.45) is 4.44. The van der Waals surface area contributed by atoms with Crippen LogP contribution >= 0.6 is 0 Å². The van der Waals surface area contributed by atoms with Crippen molar-refractivity contribution in [2.24, 2.45) is 5.10 Å². The number of carbonyl (C=O) groups is 1. The molecule has 152 valence electrons. The summed E-state index contributed by atoms with van der Waals surface area (Å²) in [5.41, 5.74) is 5.58. The van der Waals surface area contributed by atoms with Crippen LogP contribution in [0.5, 0.6) is 11.5 Å². The van der Waals surface area contributed by atoms with Gasteiger partial charge in [-0.25, -0.2) is 5.43 Å². The molecule has 0 saturated carbocycles. The van der Waals surface area contributed by atoms with Crippen molar-refractivity contribution in [1.82, 2.24) is 5.43 Å². The molecular weight excluding hydrogens is 366 g/mol. The van der Waals surface area contributed by atoms with Gasteiger partial charge in [-0.15, -0.1) is 0 Å². The van der Waals surface area contributed by atoms with Gasteiger partial charge in [0.25, 0.3) is 5.91 Å². The molecule has 1 N–H and O–H groups in total. The van der Waals surface area contributed by atoms with Crippen LogP contribution in [0.4, 0.5) is 5.69 Å². The van der Waals surface area contributed by atoms with Crippen LogP contribution in [-0.2, 0) is 4.79 Å². The average Bonchev–Trinajstić information content (AvgIpc) is 3.06. The average molecular weight is 393 g/mol. The van der Waals surface area contributed by atoms with Crippen LogP contribution in [0.1, 0.15) is 38.2 Å². The molecule has 0 aromatic heterocycles. The molecule has 2 heterocycles. The highest BCUT2D eigenvalue weighted by atomic mass is 16.6. The number of ether oxygens (including phenoxy) is 2. The number of hydrogen-bond donors (Lipinski definition) is 1. The summed E-state index contributed by atoms with van der Waals surface area (Å²) in [6, 6.07) is 15.7. The van der Waals surface area contributed by atoms with Gasteiger partial charge in [0, 0.05) is 18.8 Å². The van der Waals surface area contributed by atoms with Crippen LogP contribution in [0.3, 0.4) is 0 Å². The van der Waals surface area contributed by atoms with Gasteiger partial charge in [-0.1, -0.05) is 37.1 Å². The van der Waals surface area contributed by atoms with Gasteiger partial charge in [0.15, 0.2) is 11.5 Å². The Morgan fingerprint density at radius 1 is 1.00 bits per heavy atom. The van der Waals surface area contributed by atoms with Gasteiger partial charge in [-0.05, 0) is 49.6 Å². The molecule has 6 nitrogen and oxygen atoms in total. The monoisotopic (exact) mass is 393 g/mol. The maximum absolute atomic E-state index is 12.4. The topological polar surface area (TPSA) is 63.2 Å². The molecule has 1 fully saturated rings. The Bertz CT molecular complexity index is 871. The number of nitrogens with one attached hydrogen (secondary N) is 1. The number of para-hydroxylation sites is 2. The van der Waals surface area contributed by atoms with Crippen molar-refractivity contribution in [1.29, 1.82) is 0 Å². The van der Waals surface area contributed by atoms with Gasteiger partial charge in [-0.2, -0.15) is 5.10 Å². The van der Waals surface area contributed by atoms with Gasteiger partial charge in [0.2, 0.25) is 6.10 Å². The highest BCUT2D eigenvalue weighted by molar-refractivity contribution is 5.99. The van der Waals surface area contributed by atoms with E-state index in [0.29, 0.717) is 11.5 Å². The fourth-order valence-electron chi connectivity index (χ4n) is 3.67. The quantitative estimate of drug-likeness (QED) is 0.635. The van der Waals surface area contributed by atoms with E-state index in [4.69, 9.17) is 9.47 Å². The lowest BCUT2D eigenvalue weighted by atomic mass is 10.1. The lowest BCUT2D eigenvalue weighted by Crippen LogP contribution is -2.42. The number of amides is 1. The Labute approximate surface area is 171 Å². The predicted molar refractivity (Wildman–Crippen MR) is 114 cm³/mol. The summed E-state index contributed by atoms with van der Waals surface area (Å²) < 4.78 is 11.3. The second-order valence-corrected chi connectivity index (χ2v) is 7.49. The van der Waals surface area contributed by atoms with Crippen molar-refractivity contribution in [2.45, 2.75) is 38.7 Å². The van der Waals surface area contributed by atoms with Crippen molar-refractivity contribution in [2.75, 3.05) is 24.6 Å². The molecular formula is C23H27N3O3. The maximum atomic E-state index is 12.4. The van der Waals surface area contributed by atoms with Gasteiger partial charge < -0.3 is 14.4 Å². The molecule has 2 aromatic rings. The molecule has 29 heavy (non-hydrogen) atoms. The SMILES string of the molecule is CC(=NNC(=O)C1COc2ccccc2O1)c1ccc(N2CCCCCC2)cc1. The molecule has 0 bridgehead atoms. The molecule has 2 aliphatic heterocycles. The predicted octanol–water partition coefficient (Wildman–Crippen LogP) is 3.75. The standard InChI is InChI=1S/C23H27N3O3/c1-17(18-10-12-19(13-11-18)26-14-6-2-3-7-15-26)24-25-23(27)22-16-28-20-8-4-5-9-21(20)29-22/h4-5,8-13,22H,2-3,6-7,14-16H2,1H3,(H,25,27). The van der Waals surface area contributed by atoms with Crippen LogP contribution in [-0.4, -0.2) is 37.4 Å². The molecule has 0 radical (unpaired) electrons. The number of carbonyl (C=O) groups excluding carboxylic acids is 1. The van der Waals surface area contributed by atoms with Crippen molar-refractivity contribution in [3.63, 3.8) is 0 Å². The van der Waals surface area contributed by atoms with Gasteiger partial charge in [0.1, 0.15) is 6.61 Å². The van der Waals surface area contributed by atoms with E-state index in [0.717, 1.165) is 24.4 Å². The summed E-state index contributed by atoms with van der Waals surface area (Å²) in [5.74, 6) is 0.907. The third kappa shape index (κ3) is 4.70. The van der Waals surface area contributed by atoms with E-state index in [1.807, 2.05) is 25.1 Å². The van der Waals surface area contributed by atoms with Gasteiger partial charge in [0.05, 0.1) is 5.71 Å². The fraction of sp³-hybridized carbons (Fsp3) is 0.391. The Kier molecular flexibility index (Phi) is 5.98. The van der Waals surface area contributed by atoms with Crippen molar-refractivity contribution >= 4 is 17.3 Å². The summed E-state index contributed by atoms with van der Waals surface area (Å²) in [6.45, 7) is 4.29. The highest BCUT2D eigenvalue weighted by Gasteiger charge is 2.27. The molecule has 1 saturated heterocycles. The minimum atomic E-state index is -0.716. The molecule has 1 amide bonds.